The van der Waals surface area contributed by atoms with Crippen molar-refractivity contribution in [3.05, 3.63) is 11.5 Å². The van der Waals surface area contributed by atoms with Crippen molar-refractivity contribution in [1.82, 2.24) is 19.7 Å². The van der Waals surface area contributed by atoms with E-state index in [9.17, 15) is 19.1 Å². The minimum absolute atomic E-state index is 0.0178. The number of anilines is 1. The van der Waals surface area contributed by atoms with Crippen LogP contribution in [-0.2, 0) is 23.2 Å². The molecule has 5 N–H and O–H groups in total. The lowest BCUT2D eigenvalue weighted by Gasteiger charge is -2.17. The van der Waals surface area contributed by atoms with E-state index in [1.54, 1.807) is 0 Å². The van der Waals surface area contributed by atoms with Gasteiger partial charge in [0, 0.05) is 6.42 Å². The van der Waals surface area contributed by atoms with Crippen molar-refractivity contribution in [2.75, 3.05) is 25.1 Å². The van der Waals surface area contributed by atoms with Gasteiger partial charge in [0.15, 0.2) is 23.6 Å². The molecule has 4 atom stereocenters. The average Bonchev–Trinajstić information content (AvgIpc) is 3.14. The number of nitrogens with one attached hydrogen (secondary N) is 1. The van der Waals surface area contributed by atoms with Crippen molar-refractivity contribution < 1.29 is 43.0 Å². The molecule has 162 valence electrons. The van der Waals surface area contributed by atoms with Crippen LogP contribution in [0.5, 0.6) is 0 Å². The van der Waals surface area contributed by atoms with Crippen molar-refractivity contribution in [2.45, 2.75) is 24.9 Å². The summed E-state index contributed by atoms with van der Waals surface area (Å²) in [6.07, 6.45) is -1.49. The molecule has 14 nitrogen and oxygen atoms in total. The fraction of sp³-hybridized carbons (Fsp3) is 0.583. The highest BCUT2D eigenvalue weighted by Crippen LogP contribution is 2.55. The van der Waals surface area contributed by atoms with E-state index in [1.807, 2.05) is 0 Å². The highest BCUT2D eigenvalue weighted by atomic mass is 35.5. The van der Waals surface area contributed by atoms with Crippen molar-refractivity contribution >= 4 is 43.6 Å². The molecule has 0 amide bonds. The van der Waals surface area contributed by atoms with Crippen LogP contribution in [0.1, 0.15) is 12.6 Å². The van der Waals surface area contributed by atoms with E-state index in [0.717, 1.165) is 0 Å². The Bertz CT molecular complexity index is 984. The van der Waals surface area contributed by atoms with Gasteiger partial charge in [0.2, 0.25) is 5.28 Å². The van der Waals surface area contributed by atoms with E-state index in [2.05, 4.69) is 20.5 Å². The lowest BCUT2D eigenvalue weighted by molar-refractivity contribution is -0.0528. The summed E-state index contributed by atoms with van der Waals surface area (Å²) >= 11 is 5.91. The molecular formula is C12H18ClN5O9P2. The zero-order valence-corrected chi connectivity index (χ0v) is 17.4. The Morgan fingerprint density at radius 1 is 1.38 bits per heavy atom. The number of nitrogens with zero attached hydrogens (tertiary/aromatic N) is 4. The summed E-state index contributed by atoms with van der Waals surface area (Å²) in [5.74, 6) is -1.06. The largest absolute Gasteiger partial charge is 0.388 e. The molecule has 0 saturated carbocycles. The number of ether oxygens (including phenoxy) is 1. The second-order valence-corrected chi connectivity index (χ2v) is 10.5. The standard InChI is InChI=1S/C12H18ClN5O9P2/c1-25-17-9-7-3-14-18(10(7)16-12(13)15-9)11-8(19)2-6(27-11)4-26-29(23,24)5-28(20,21)22/h3,6,8,11,19H,2,4-5H2,1H3,(H,23,24)(H,15,16,17)(H2,20,21,22)/t6-,8+,11+/m0/s1. The first kappa shape index (κ1) is 22.5. The van der Waals surface area contributed by atoms with Crippen LogP contribution in [0, 0.1) is 0 Å². The van der Waals surface area contributed by atoms with E-state index in [1.165, 1.54) is 18.0 Å². The molecule has 2 aromatic rings. The topological polar surface area (TPSA) is 198 Å². The van der Waals surface area contributed by atoms with Crippen molar-refractivity contribution in [3.63, 3.8) is 0 Å². The third-order valence-electron chi connectivity index (χ3n) is 3.86. The van der Waals surface area contributed by atoms with Gasteiger partial charge in [-0.1, -0.05) is 0 Å². The maximum atomic E-state index is 11.7. The van der Waals surface area contributed by atoms with E-state index < -0.39 is 46.1 Å². The molecule has 1 fully saturated rings. The van der Waals surface area contributed by atoms with Crippen molar-refractivity contribution in [2.24, 2.45) is 0 Å². The molecule has 0 aliphatic carbocycles. The number of fused-ring (bicyclic) bond motifs is 1. The van der Waals surface area contributed by atoms with Gasteiger partial charge in [-0.2, -0.15) is 15.1 Å². The number of rotatable bonds is 8. The highest BCUT2D eigenvalue weighted by molar-refractivity contribution is 7.70. The predicted molar refractivity (Wildman–Crippen MR) is 98.2 cm³/mol. The summed E-state index contributed by atoms with van der Waals surface area (Å²) in [4.78, 5) is 40.0. The van der Waals surface area contributed by atoms with Gasteiger partial charge in [0.05, 0.1) is 31.4 Å². The number of aromatic nitrogens is 4. The average molecular weight is 474 g/mol. The number of hydrogen-bond acceptors (Lipinski definition) is 10. The van der Waals surface area contributed by atoms with Crippen molar-refractivity contribution in [1.29, 1.82) is 0 Å². The summed E-state index contributed by atoms with van der Waals surface area (Å²) in [5.41, 5.74) is 2.78. The van der Waals surface area contributed by atoms with Crippen LogP contribution < -0.4 is 5.48 Å². The number of halogens is 1. The van der Waals surface area contributed by atoms with Gasteiger partial charge in [-0.25, -0.2) is 10.2 Å². The van der Waals surface area contributed by atoms with E-state index in [0.29, 0.717) is 5.39 Å². The molecule has 3 heterocycles. The van der Waals surface area contributed by atoms with Crippen LogP contribution in [0.4, 0.5) is 5.82 Å². The Morgan fingerprint density at radius 2 is 2.10 bits per heavy atom. The van der Waals surface area contributed by atoms with E-state index in [4.69, 9.17) is 35.5 Å². The summed E-state index contributed by atoms with van der Waals surface area (Å²) in [5, 5.41) is 14.8. The first-order valence-electron chi connectivity index (χ1n) is 8.03. The maximum absolute atomic E-state index is 11.7. The van der Waals surface area contributed by atoms with Gasteiger partial charge in [0.25, 0.3) is 0 Å². The molecule has 0 spiro atoms. The van der Waals surface area contributed by atoms with Crippen LogP contribution >= 0.6 is 26.8 Å². The molecule has 0 radical (unpaired) electrons. The molecule has 1 saturated heterocycles. The maximum Gasteiger partial charge on any atom is 0.340 e. The van der Waals surface area contributed by atoms with E-state index in [-0.39, 0.29) is 23.2 Å². The van der Waals surface area contributed by atoms with E-state index >= 15 is 0 Å². The molecule has 0 bridgehead atoms. The molecule has 0 aromatic carbocycles. The lowest BCUT2D eigenvalue weighted by Crippen LogP contribution is -2.21. The summed E-state index contributed by atoms with van der Waals surface area (Å²) in [6, 6.07) is 0. The SMILES string of the molecule is CONc1nc(Cl)nc2c1cnn2[C@@H]1O[C@H](COP(=O)(O)CP(=O)(O)O)C[C@H]1O. The Hall–Kier alpha value is -1.18. The van der Waals surface area contributed by atoms with Gasteiger partial charge in [-0.15, -0.1) is 0 Å². The van der Waals surface area contributed by atoms with Crippen LogP contribution in [0.3, 0.4) is 0 Å². The Kier molecular flexibility index (Phi) is 6.61. The van der Waals surface area contributed by atoms with Crippen LogP contribution in [0.25, 0.3) is 11.0 Å². The predicted octanol–water partition coefficient (Wildman–Crippen LogP) is 0.439. The molecular weight excluding hydrogens is 456 g/mol. The lowest BCUT2D eigenvalue weighted by atomic mass is 10.2. The minimum Gasteiger partial charge on any atom is -0.388 e. The molecule has 1 aliphatic rings. The smallest absolute Gasteiger partial charge is 0.340 e. The highest BCUT2D eigenvalue weighted by Gasteiger charge is 2.39. The zero-order valence-electron chi connectivity index (χ0n) is 14.8. The summed E-state index contributed by atoms with van der Waals surface area (Å²) in [7, 11) is -7.89. The molecule has 29 heavy (non-hydrogen) atoms. The van der Waals surface area contributed by atoms with Gasteiger partial charge in [-0.05, 0) is 11.6 Å². The third-order valence-corrected chi connectivity index (χ3v) is 7.48. The van der Waals surface area contributed by atoms with Crippen LogP contribution in [0.2, 0.25) is 5.28 Å². The first-order chi connectivity index (χ1) is 13.5. The fourth-order valence-electron chi connectivity index (χ4n) is 2.79. The molecule has 17 heteroatoms. The molecule has 2 aromatic heterocycles. The quantitative estimate of drug-likeness (QED) is 0.201. The van der Waals surface area contributed by atoms with Gasteiger partial charge < -0.3 is 29.0 Å². The van der Waals surface area contributed by atoms with Gasteiger partial charge >= 0.3 is 15.2 Å². The second-order valence-electron chi connectivity index (χ2n) is 6.16. The summed E-state index contributed by atoms with van der Waals surface area (Å²) in [6.45, 7) is -0.466. The van der Waals surface area contributed by atoms with Gasteiger partial charge in [0.1, 0.15) is 6.10 Å². The summed E-state index contributed by atoms with van der Waals surface area (Å²) < 4.78 is 34.3. The fourth-order valence-corrected chi connectivity index (χ4v) is 5.54. The Morgan fingerprint density at radius 3 is 2.76 bits per heavy atom. The number of hydrogen-bond donors (Lipinski definition) is 5. The van der Waals surface area contributed by atoms with Gasteiger partial charge in [-0.3, -0.25) is 14.0 Å². The van der Waals surface area contributed by atoms with Crippen LogP contribution in [-0.4, -0.2) is 71.4 Å². The normalized spacial score (nSPS) is 24.7. The Balaban J connectivity index is 1.75. The number of aliphatic hydroxyl groups is 1. The van der Waals surface area contributed by atoms with Crippen LogP contribution in [0.15, 0.2) is 6.20 Å². The minimum atomic E-state index is -4.74. The monoisotopic (exact) mass is 473 g/mol. The first-order valence-corrected chi connectivity index (χ1v) is 12.0. The molecule has 1 aliphatic heterocycles. The molecule has 1 unspecified atom stereocenters. The third kappa shape index (κ3) is 5.50. The Labute approximate surface area is 168 Å². The molecule has 3 rings (SSSR count). The zero-order chi connectivity index (χ0) is 21.4. The second kappa shape index (κ2) is 8.52. The number of aliphatic hydroxyl groups excluding tert-OH is 1. The van der Waals surface area contributed by atoms with Crippen molar-refractivity contribution in [3.8, 4) is 0 Å².